The highest BCUT2D eigenvalue weighted by Crippen LogP contribution is 2.13. The number of esters is 2. The summed E-state index contributed by atoms with van der Waals surface area (Å²) in [6.07, 6.45) is 0.0397. The van der Waals surface area contributed by atoms with Crippen molar-refractivity contribution in [3.8, 4) is 0 Å². The molecule has 25 heavy (non-hydrogen) atoms. The zero-order chi connectivity index (χ0) is 19.5. The lowest BCUT2D eigenvalue weighted by molar-refractivity contribution is -0.157. The van der Waals surface area contributed by atoms with E-state index in [2.05, 4.69) is 13.2 Å². The number of hydrogen-bond acceptors (Lipinski definition) is 7. The lowest BCUT2D eigenvalue weighted by atomic mass is 10.3. The van der Waals surface area contributed by atoms with Crippen molar-refractivity contribution in [2.75, 3.05) is 34.0 Å². The first-order valence-corrected chi connectivity index (χ1v) is 10.5. The molecule has 0 aromatic heterocycles. The third-order valence-electron chi connectivity index (χ3n) is 3.46. The summed E-state index contributed by atoms with van der Waals surface area (Å²) in [5, 5.41) is 0. The molecule has 0 aliphatic carbocycles. The second-order valence-electron chi connectivity index (χ2n) is 5.91. The maximum atomic E-state index is 11.7. The zero-order valence-corrected chi connectivity index (χ0v) is 16.9. The van der Waals surface area contributed by atoms with E-state index in [0.717, 1.165) is 12.5 Å². The summed E-state index contributed by atoms with van der Waals surface area (Å²) >= 11 is 0. The van der Waals surface area contributed by atoms with E-state index in [0.29, 0.717) is 6.61 Å². The van der Waals surface area contributed by atoms with Gasteiger partial charge in [-0.15, -0.1) is 0 Å². The SMILES string of the molecule is C=C(C)C(=O)OCC(COCCC[Si](C)(OC)OC)OC(=O)C(=C)C. The average Bonchev–Trinajstić information content (AvgIpc) is 2.57. The van der Waals surface area contributed by atoms with Gasteiger partial charge in [-0.25, -0.2) is 9.59 Å². The molecule has 7 nitrogen and oxygen atoms in total. The fourth-order valence-corrected chi connectivity index (χ4v) is 3.02. The Morgan fingerprint density at radius 3 is 2.04 bits per heavy atom. The topological polar surface area (TPSA) is 80.3 Å². The molecule has 0 aromatic rings. The summed E-state index contributed by atoms with van der Waals surface area (Å²) in [5.41, 5.74) is 0.535. The van der Waals surface area contributed by atoms with Crippen LogP contribution in [0, 0.1) is 0 Å². The van der Waals surface area contributed by atoms with Gasteiger partial charge < -0.3 is 23.1 Å². The van der Waals surface area contributed by atoms with E-state index >= 15 is 0 Å². The highest BCUT2D eigenvalue weighted by Gasteiger charge is 2.27. The van der Waals surface area contributed by atoms with Crippen LogP contribution in [0.2, 0.25) is 12.6 Å². The maximum absolute atomic E-state index is 11.7. The fraction of sp³-hybridized carbons (Fsp3) is 0.647. The van der Waals surface area contributed by atoms with Crippen LogP contribution in [0.1, 0.15) is 20.3 Å². The molecule has 1 atom stereocenters. The normalized spacial score (nSPS) is 12.4. The predicted octanol–water partition coefficient (Wildman–Crippen LogP) is 2.37. The molecule has 0 N–H and O–H groups in total. The summed E-state index contributed by atoms with van der Waals surface area (Å²) in [6.45, 7) is 12.5. The maximum Gasteiger partial charge on any atom is 0.334 e. The number of rotatable bonds is 13. The summed E-state index contributed by atoms with van der Waals surface area (Å²) in [6, 6.07) is 0.779. The molecule has 0 aliphatic heterocycles. The molecule has 8 heteroatoms. The van der Waals surface area contributed by atoms with E-state index < -0.39 is 26.6 Å². The first-order valence-electron chi connectivity index (χ1n) is 8.02. The summed E-state index contributed by atoms with van der Waals surface area (Å²) < 4.78 is 26.6. The molecule has 0 heterocycles. The Bertz CT molecular complexity index is 472. The minimum Gasteiger partial charge on any atom is -0.458 e. The number of carbonyl (C=O) groups is 2. The Hall–Kier alpha value is -1.48. The standard InChI is InChI=1S/C17H30O7Si/c1-13(2)16(18)23-12-15(24-17(19)14(3)4)11-22-9-8-10-25(7,20-5)21-6/h15H,1,3,8-12H2,2,4-7H3. The van der Waals surface area contributed by atoms with Crippen LogP contribution in [-0.4, -0.2) is 60.6 Å². The summed E-state index contributed by atoms with van der Waals surface area (Å²) in [4.78, 5) is 23.1. The van der Waals surface area contributed by atoms with E-state index in [-0.39, 0.29) is 24.4 Å². The summed E-state index contributed by atoms with van der Waals surface area (Å²) in [5.74, 6) is -1.10. The molecule has 0 saturated heterocycles. The van der Waals surface area contributed by atoms with Crippen LogP contribution in [0.5, 0.6) is 0 Å². The molecule has 0 fully saturated rings. The predicted molar refractivity (Wildman–Crippen MR) is 96.3 cm³/mol. The van der Waals surface area contributed by atoms with Crippen molar-refractivity contribution >= 4 is 20.5 Å². The van der Waals surface area contributed by atoms with Crippen LogP contribution in [0.15, 0.2) is 24.3 Å². The molecule has 0 radical (unpaired) electrons. The molecule has 0 rings (SSSR count). The van der Waals surface area contributed by atoms with Crippen LogP contribution in [0.25, 0.3) is 0 Å². The molecular weight excluding hydrogens is 344 g/mol. The Morgan fingerprint density at radius 2 is 1.56 bits per heavy atom. The van der Waals surface area contributed by atoms with Gasteiger partial charge in [0.25, 0.3) is 0 Å². The van der Waals surface area contributed by atoms with Gasteiger partial charge in [-0.1, -0.05) is 13.2 Å². The Kier molecular flexibility index (Phi) is 11.3. The Morgan fingerprint density at radius 1 is 1.00 bits per heavy atom. The third-order valence-corrected chi connectivity index (χ3v) is 6.45. The molecule has 0 amide bonds. The van der Waals surface area contributed by atoms with Gasteiger partial charge in [-0.2, -0.15) is 0 Å². The average molecular weight is 375 g/mol. The van der Waals surface area contributed by atoms with Crippen molar-refractivity contribution in [3.63, 3.8) is 0 Å². The van der Waals surface area contributed by atoms with Crippen molar-refractivity contribution in [2.45, 2.75) is 39.0 Å². The van der Waals surface area contributed by atoms with Crippen LogP contribution in [-0.2, 0) is 32.7 Å². The molecule has 0 aliphatic rings. The Balaban J connectivity index is 4.38. The Labute approximate surface area is 151 Å². The van der Waals surface area contributed by atoms with Gasteiger partial charge >= 0.3 is 20.5 Å². The first kappa shape index (κ1) is 23.5. The molecular formula is C17H30O7Si. The number of ether oxygens (including phenoxy) is 3. The van der Waals surface area contributed by atoms with Crippen molar-refractivity contribution in [1.29, 1.82) is 0 Å². The number of hydrogen-bond donors (Lipinski definition) is 0. The second-order valence-corrected chi connectivity index (χ2v) is 9.49. The van der Waals surface area contributed by atoms with E-state index in [1.54, 1.807) is 28.1 Å². The third kappa shape index (κ3) is 10.2. The zero-order valence-electron chi connectivity index (χ0n) is 15.9. The van der Waals surface area contributed by atoms with Crippen LogP contribution in [0.4, 0.5) is 0 Å². The van der Waals surface area contributed by atoms with Crippen LogP contribution in [0.3, 0.4) is 0 Å². The van der Waals surface area contributed by atoms with Gasteiger partial charge in [0, 0.05) is 32.0 Å². The van der Waals surface area contributed by atoms with Crippen molar-refractivity contribution in [1.82, 2.24) is 0 Å². The second kappa shape index (κ2) is 12.0. The lowest BCUT2D eigenvalue weighted by Gasteiger charge is -2.23. The van der Waals surface area contributed by atoms with E-state index in [1.807, 2.05) is 6.55 Å². The van der Waals surface area contributed by atoms with Gasteiger partial charge in [-0.05, 0) is 32.9 Å². The van der Waals surface area contributed by atoms with Crippen molar-refractivity contribution in [2.24, 2.45) is 0 Å². The number of carbonyl (C=O) groups excluding carboxylic acids is 2. The van der Waals surface area contributed by atoms with Gasteiger partial charge in [0.2, 0.25) is 0 Å². The first-order chi connectivity index (χ1) is 11.6. The molecule has 0 bridgehead atoms. The quantitative estimate of drug-likeness (QED) is 0.212. The monoisotopic (exact) mass is 374 g/mol. The van der Waals surface area contributed by atoms with E-state index in [9.17, 15) is 9.59 Å². The van der Waals surface area contributed by atoms with Crippen molar-refractivity contribution < 1.29 is 32.7 Å². The highest BCUT2D eigenvalue weighted by molar-refractivity contribution is 6.65. The fourth-order valence-electron chi connectivity index (χ4n) is 1.66. The lowest BCUT2D eigenvalue weighted by Crippen LogP contribution is -2.36. The van der Waals surface area contributed by atoms with Gasteiger partial charge in [0.05, 0.1) is 6.61 Å². The van der Waals surface area contributed by atoms with Gasteiger partial charge in [0.15, 0.2) is 6.10 Å². The van der Waals surface area contributed by atoms with Crippen molar-refractivity contribution in [3.05, 3.63) is 24.3 Å². The minimum atomic E-state index is -2.11. The summed E-state index contributed by atoms with van der Waals surface area (Å²) in [7, 11) is 1.16. The molecule has 144 valence electrons. The molecule has 0 saturated carbocycles. The van der Waals surface area contributed by atoms with E-state index in [4.69, 9.17) is 23.1 Å². The molecule has 0 spiro atoms. The minimum absolute atomic E-state index is 0.104. The van der Waals surface area contributed by atoms with Gasteiger partial charge in [0.1, 0.15) is 6.61 Å². The molecule has 1 unspecified atom stereocenters. The smallest absolute Gasteiger partial charge is 0.334 e. The van der Waals surface area contributed by atoms with E-state index in [1.165, 1.54) is 0 Å². The largest absolute Gasteiger partial charge is 0.458 e. The highest BCUT2D eigenvalue weighted by atomic mass is 28.4. The molecule has 0 aromatic carbocycles. The van der Waals surface area contributed by atoms with Crippen LogP contribution >= 0.6 is 0 Å². The van der Waals surface area contributed by atoms with Crippen LogP contribution < -0.4 is 0 Å². The van der Waals surface area contributed by atoms with Gasteiger partial charge in [-0.3, -0.25) is 0 Å².